The minimum Gasteiger partial charge on any atom is -0.352 e. The zero-order valence-corrected chi connectivity index (χ0v) is 11.2. The SMILES string of the molecule is Cc1cc(NN)c([N+](=O)[O-])cc1C(=O)NCC(C)C. The molecule has 0 atom stereocenters. The molecule has 7 heteroatoms. The fourth-order valence-corrected chi connectivity index (χ4v) is 1.60. The van der Waals surface area contributed by atoms with Crippen molar-refractivity contribution < 1.29 is 9.72 Å². The van der Waals surface area contributed by atoms with Crippen molar-refractivity contribution in [3.63, 3.8) is 0 Å². The first-order valence-electron chi connectivity index (χ1n) is 5.90. The zero-order valence-electron chi connectivity index (χ0n) is 11.2. The van der Waals surface area contributed by atoms with E-state index >= 15 is 0 Å². The lowest BCUT2D eigenvalue weighted by Gasteiger charge is -2.11. The van der Waals surface area contributed by atoms with Crippen molar-refractivity contribution in [3.05, 3.63) is 33.4 Å². The van der Waals surface area contributed by atoms with Crippen molar-refractivity contribution in [2.45, 2.75) is 20.8 Å². The second kappa shape index (κ2) is 6.14. The third-order valence-corrected chi connectivity index (χ3v) is 2.61. The van der Waals surface area contributed by atoms with Gasteiger partial charge in [0.05, 0.1) is 4.92 Å². The predicted molar refractivity (Wildman–Crippen MR) is 72.8 cm³/mol. The van der Waals surface area contributed by atoms with E-state index in [1.54, 1.807) is 6.92 Å². The van der Waals surface area contributed by atoms with Crippen LogP contribution in [0.4, 0.5) is 11.4 Å². The maximum atomic E-state index is 12.0. The van der Waals surface area contributed by atoms with Gasteiger partial charge in [0.1, 0.15) is 5.69 Å². The van der Waals surface area contributed by atoms with Crippen LogP contribution in [-0.2, 0) is 0 Å². The molecule has 0 saturated heterocycles. The Morgan fingerprint density at radius 2 is 2.11 bits per heavy atom. The molecule has 0 unspecified atom stereocenters. The monoisotopic (exact) mass is 266 g/mol. The van der Waals surface area contributed by atoms with Gasteiger partial charge < -0.3 is 10.7 Å². The van der Waals surface area contributed by atoms with E-state index in [9.17, 15) is 14.9 Å². The van der Waals surface area contributed by atoms with E-state index in [0.717, 1.165) is 0 Å². The van der Waals surface area contributed by atoms with Gasteiger partial charge in [-0.1, -0.05) is 13.8 Å². The van der Waals surface area contributed by atoms with Crippen molar-refractivity contribution >= 4 is 17.3 Å². The lowest BCUT2D eigenvalue weighted by molar-refractivity contribution is -0.384. The molecule has 7 nitrogen and oxygen atoms in total. The Bertz CT molecular complexity index is 500. The van der Waals surface area contributed by atoms with Crippen LogP contribution in [0.15, 0.2) is 12.1 Å². The minimum atomic E-state index is -0.576. The third kappa shape index (κ3) is 3.65. The summed E-state index contributed by atoms with van der Waals surface area (Å²) in [6.45, 7) is 6.16. The first-order valence-corrected chi connectivity index (χ1v) is 5.90. The Hall–Kier alpha value is -2.15. The Labute approximate surface area is 111 Å². The molecule has 1 rings (SSSR count). The lowest BCUT2D eigenvalue weighted by atomic mass is 10.1. The molecule has 1 aromatic rings. The highest BCUT2D eigenvalue weighted by Gasteiger charge is 2.19. The fraction of sp³-hybridized carbons (Fsp3) is 0.417. The number of nitrogens with one attached hydrogen (secondary N) is 2. The van der Waals surface area contributed by atoms with E-state index < -0.39 is 4.92 Å². The molecule has 0 aromatic heterocycles. The molecular weight excluding hydrogens is 248 g/mol. The molecule has 0 heterocycles. The summed E-state index contributed by atoms with van der Waals surface area (Å²) >= 11 is 0. The largest absolute Gasteiger partial charge is 0.352 e. The summed E-state index contributed by atoms with van der Waals surface area (Å²) in [5.74, 6) is 5.21. The maximum Gasteiger partial charge on any atom is 0.294 e. The number of carbonyl (C=O) groups is 1. The number of anilines is 1. The summed E-state index contributed by atoms with van der Waals surface area (Å²) in [6, 6.07) is 2.72. The number of hydrogen-bond donors (Lipinski definition) is 3. The smallest absolute Gasteiger partial charge is 0.294 e. The maximum absolute atomic E-state index is 12.0. The van der Waals surface area contributed by atoms with Crippen molar-refractivity contribution in [3.8, 4) is 0 Å². The zero-order chi connectivity index (χ0) is 14.6. The van der Waals surface area contributed by atoms with Gasteiger partial charge in [-0.25, -0.2) is 0 Å². The number of nitrogens with zero attached hydrogens (tertiary/aromatic N) is 1. The van der Waals surface area contributed by atoms with E-state index in [-0.39, 0.29) is 22.8 Å². The highest BCUT2D eigenvalue weighted by molar-refractivity contribution is 5.97. The number of nitro groups is 1. The highest BCUT2D eigenvalue weighted by Crippen LogP contribution is 2.27. The fourth-order valence-electron chi connectivity index (χ4n) is 1.60. The van der Waals surface area contributed by atoms with Gasteiger partial charge in [-0.2, -0.15) is 0 Å². The second-order valence-electron chi connectivity index (χ2n) is 4.69. The summed E-state index contributed by atoms with van der Waals surface area (Å²) in [4.78, 5) is 22.3. The molecule has 4 N–H and O–H groups in total. The number of hydrogen-bond acceptors (Lipinski definition) is 5. The molecule has 1 amide bonds. The summed E-state index contributed by atoms with van der Waals surface area (Å²) in [5.41, 5.74) is 3.13. The number of rotatable bonds is 5. The van der Waals surface area contributed by atoms with Gasteiger partial charge in [0.2, 0.25) is 0 Å². The van der Waals surface area contributed by atoms with Gasteiger partial charge in [0.25, 0.3) is 11.6 Å². The number of carbonyl (C=O) groups excluding carboxylic acids is 1. The van der Waals surface area contributed by atoms with Gasteiger partial charge in [-0.3, -0.25) is 20.8 Å². The van der Waals surface area contributed by atoms with Crippen molar-refractivity contribution in [2.24, 2.45) is 11.8 Å². The number of amides is 1. The first-order chi connectivity index (χ1) is 8.86. The van der Waals surface area contributed by atoms with Gasteiger partial charge in [-0.05, 0) is 24.5 Å². The van der Waals surface area contributed by atoms with Crippen LogP contribution in [0.5, 0.6) is 0 Å². The normalized spacial score (nSPS) is 10.4. The molecule has 0 fully saturated rings. The molecule has 1 aromatic carbocycles. The van der Waals surface area contributed by atoms with E-state index in [2.05, 4.69) is 10.7 Å². The molecule has 0 aliphatic heterocycles. The van der Waals surface area contributed by atoms with Crippen LogP contribution in [0.25, 0.3) is 0 Å². The summed E-state index contributed by atoms with van der Waals surface area (Å²) < 4.78 is 0. The van der Waals surface area contributed by atoms with Crippen molar-refractivity contribution in [1.29, 1.82) is 0 Å². The Kier molecular flexibility index (Phi) is 4.82. The number of aryl methyl sites for hydroxylation is 1. The van der Waals surface area contributed by atoms with Crippen LogP contribution < -0.4 is 16.6 Å². The van der Waals surface area contributed by atoms with E-state index in [1.807, 2.05) is 13.8 Å². The summed E-state index contributed by atoms with van der Waals surface area (Å²) in [7, 11) is 0. The average Bonchev–Trinajstić information content (AvgIpc) is 2.34. The van der Waals surface area contributed by atoms with Crippen LogP contribution in [0.2, 0.25) is 0 Å². The summed E-state index contributed by atoms with van der Waals surface area (Å²) in [6.07, 6.45) is 0. The number of hydrazine groups is 1. The standard InChI is InChI=1S/C12H18N4O3/c1-7(2)6-14-12(17)9-5-11(16(18)19)10(15-13)4-8(9)3/h4-5,7,15H,6,13H2,1-3H3,(H,14,17). The van der Waals surface area contributed by atoms with E-state index in [1.165, 1.54) is 12.1 Å². The number of benzene rings is 1. The third-order valence-electron chi connectivity index (χ3n) is 2.61. The van der Waals surface area contributed by atoms with E-state index in [0.29, 0.717) is 18.0 Å². The van der Waals surface area contributed by atoms with Gasteiger partial charge in [-0.15, -0.1) is 0 Å². The summed E-state index contributed by atoms with van der Waals surface area (Å²) in [5, 5.41) is 13.6. The second-order valence-corrected chi connectivity index (χ2v) is 4.69. The number of nitro benzene ring substituents is 1. The molecule has 0 aliphatic rings. The predicted octanol–water partition coefficient (Wildman–Crippen LogP) is 1.57. The highest BCUT2D eigenvalue weighted by atomic mass is 16.6. The average molecular weight is 266 g/mol. The Morgan fingerprint density at radius 1 is 1.47 bits per heavy atom. The molecule has 104 valence electrons. The van der Waals surface area contributed by atoms with Crippen molar-refractivity contribution in [1.82, 2.24) is 5.32 Å². The Balaban J connectivity index is 3.11. The topological polar surface area (TPSA) is 110 Å². The molecule has 0 aliphatic carbocycles. The van der Waals surface area contributed by atoms with Gasteiger partial charge in [0.15, 0.2) is 0 Å². The molecule has 0 bridgehead atoms. The van der Waals surface area contributed by atoms with Gasteiger partial charge in [0, 0.05) is 18.2 Å². The van der Waals surface area contributed by atoms with E-state index in [4.69, 9.17) is 5.84 Å². The van der Waals surface area contributed by atoms with Crippen LogP contribution in [-0.4, -0.2) is 17.4 Å². The minimum absolute atomic E-state index is 0.183. The lowest BCUT2D eigenvalue weighted by Crippen LogP contribution is -2.28. The number of nitrogens with two attached hydrogens (primary N) is 1. The Morgan fingerprint density at radius 3 is 2.58 bits per heavy atom. The molecule has 0 radical (unpaired) electrons. The van der Waals surface area contributed by atoms with Crippen LogP contribution in [0, 0.1) is 23.0 Å². The van der Waals surface area contributed by atoms with Crippen LogP contribution in [0.1, 0.15) is 29.8 Å². The van der Waals surface area contributed by atoms with Crippen molar-refractivity contribution in [2.75, 3.05) is 12.0 Å². The first kappa shape index (κ1) is 14.9. The molecule has 0 saturated carbocycles. The van der Waals surface area contributed by atoms with Gasteiger partial charge >= 0.3 is 0 Å². The quantitative estimate of drug-likeness (QED) is 0.425. The number of nitrogen functional groups attached to an aromatic ring is 1. The molecule has 19 heavy (non-hydrogen) atoms. The molecule has 0 spiro atoms. The van der Waals surface area contributed by atoms with Crippen LogP contribution in [0.3, 0.4) is 0 Å². The van der Waals surface area contributed by atoms with Crippen LogP contribution >= 0.6 is 0 Å². The molecular formula is C12H18N4O3.